The molecule has 5 N–H and O–H groups in total. The van der Waals surface area contributed by atoms with Gasteiger partial charge in [0.25, 0.3) is 0 Å². The van der Waals surface area contributed by atoms with E-state index < -0.39 is 62.2 Å². The summed E-state index contributed by atoms with van der Waals surface area (Å²) in [5.41, 5.74) is -2.05. The highest BCUT2D eigenvalue weighted by Gasteiger charge is 2.58. The Bertz CT molecular complexity index is 1740. The monoisotopic (exact) mass is 734 g/mol. The maximum absolute atomic E-state index is 14.0. The molecule has 0 aliphatic carbocycles. The van der Waals surface area contributed by atoms with Crippen LogP contribution in [-0.4, -0.2) is 96.8 Å². The number of aliphatic carboxylic acids is 1. The predicted molar refractivity (Wildman–Crippen MR) is 179 cm³/mol. The Labute approximate surface area is 291 Å². The number of benzene rings is 1. The lowest BCUT2D eigenvalue weighted by Gasteiger charge is -2.25. The Hall–Kier alpha value is -4.08. The van der Waals surface area contributed by atoms with Crippen LogP contribution in [0.5, 0.6) is 5.75 Å². The highest BCUT2D eigenvalue weighted by Crippen LogP contribution is 2.47. The number of carbonyl (C=O) groups excluding carboxylic acids is 2. The van der Waals surface area contributed by atoms with Crippen LogP contribution in [0, 0.1) is 17.2 Å². The zero-order valence-corrected chi connectivity index (χ0v) is 29.2. The molecule has 4 rings (SSSR count). The van der Waals surface area contributed by atoms with Gasteiger partial charge in [-0.2, -0.15) is 15.4 Å². The molecule has 1 amide bonds. The van der Waals surface area contributed by atoms with E-state index in [1.807, 2.05) is 19.9 Å². The summed E-state index contributed by atoms with van der Waals surface area (Å²) in [6.45, 7) is 4.90. The Morgan fingerprint density at radius 1 is 1.16 bits per heavy atom. The van der Waals surface area contributed by atoms with Crippen molar-refractivity contribution in [2.24, 2.45) is 5.92 Å². The molecule has 1 aromatic carbocycles. The molecule has 6 atom stereocenters. The van der Waals surface area contributed by atoms with E-state index in [2.05, 4.69) is 20.5 Å². The van der Waals surface area contributed by atoms with Crippen molar-refractivity contribution in [3.05, 3.63) is 54.5 Å². The number of thioether (sulfide) groups is 1. The zero-order valence-electron chi connectivity index (χ0n) is 27.5. The number of para-hydroxylation sites is 1. The number of hydrogen-bond donors (Lipinski definition) is 5. The lowest BCUT2D eigenvalue weighted by atomic mass is 9.92. The van der Waals surface area contributed by atoms with Gasteiger partial charge >= 0.3 is 19.7 Å². The molecule has 0 unspecified atom stereocenters. The van der Waals surface area contributed by atoms with Gasteiger partial charge in [0.15, 0.2) is 5.82 Å². The molecule has 0 saturated carbocycles. The van der Waals surface area contributed by atoms with Crippen molar-refractivity contribution in [1.82, 2.24) is 19.7 Å². The first kappa shape index (κ1) is 38.7. The van der Waals surface area contributed by atoms with E-state index in [9.17, 15) is 34.4 Å². The maximum Gasteiger partial charge on any atom is 0.459 e. The van der Waals surface area contributed by atoms with E-state index in [0.29, 0.717) is 0 Å². The number of anilines is 1. The van der Waals surface area contributed by atoms with Crippen LogP contribution in [0.15, 0.2) is 48.8 Å². The van der Waals surface area contributed by atoms with Crippen LogP contribution < -0.4 is 14.9 Å². The summed E-state index contributed by atoms with van der Waals surface area (Å²) in [6, 6.07) is 11.6. The fraction of sp³-hybridized carbons (Fsp3) is 0.484. The van der Waals surface area contributed by atoms with Crippen molar-refractivity contribution >= 4 is 48.7 Å². The van der Waals surface area contributed by atoms with Crippen molar-refractivity contribution in [2.45, 2.75) is 63.6 Å². The van der Waals surface area contributed by atoms with Crippen molar-refractivity contribution < 1.29 is 52.8 Å². The molecule has 1 aliphatic heterocycles. The number of nitriles is 1. The van der Waals surface area contributed by atoms with Crippen molar-refractivity contribution in [1.29, 1.82) is 5.26 Å². The second-order valence-electron chi connectivity index (χ2n) is 11.4. The number of hydrogen-bond acceptors (Lipinski definition) is 14. The smallest absolute Gasteiger partial charge is 0.459 e. The van der Waals surface area contributed by atoms with Gasteiger partial charge in [0.2, 0.25) is 11.5 Å². The normalized spacial score (nSPS) is 22.1. The third-order valence-corrected chi connectivity index (χ3v) is 10.4. The van der Waals surface area contributed by atoms with Gasteiger partial charge in [-0.05, 0) is 37.1 Å². The van der Waals surface area contributed by atoms with E-state index in [-0.39, 0.29) is 46.8 Å². The molecule has 50 heavy (non-hydrogen) atoms. The van der Waals surface area contributed by atoms with Crippen LogP contribution in [-0.2, 0) is 38.5 Å². The summed E-state index contributed by atoms with van der Waals surface area (Å²) >= 11 is 0.885. The largest absolute Gasteiger partial charge is 0.481 e. The molecule has 0 spiro atoms. The average Bonchev–Trinajstić information content (AvgIpc) is 3.64. The van der Waals surface area contributed by atoms with Crippen LogP contribution in [0.1, 0.15) is 39.3 Å². The average molecular weight is 735 g/mol. The molecule has 1 aliphatic rings. The molecule has 3 aromatic rings. The minimum atomic E-state index is -4.40. The summed E-state index contributed by atoms with van der Waals surface area (Å²) in [5, 5.41) is 50.6. The number of carboxylic acid groups (broad SMARTS) is 1. The highest BCUT2D eigenvalue weighted by molar-refractivity contribution is 8.00. The van der Waals surface area contributed by atoms with Crippen molar-refractivity contribution in [3.63, 3.8) is 0 Å². The SMILES string of the molecule is CCC(CC)COC(=O)[C@H](C)N[P@](=O)(OC[C@H]1O[C@@](C#N)(c2ccc3c(NC(=O)CSCC(=O)O)ncnn23)[C@H](O)[C@@H]1O)Oc1ccccc1. The molecule has 19 heteroatoms. The number of aromatic nitrogens is 3. The van der Waals surface area contributed by atoms with Crippen LogP contribution in [0.2, 0.25) is 0 Å². The number of nitrogens with one attached hydrogen (secondary N) is 2. The van der Waals surface area contributed by atoms with Gasteiger partial charge in [0.1, 0.15) is 48.0 Å². The molecule has 2 aromatic heterocycles. The van der Waals surface area contributed by atoms with Gasteiger partial charge in [0.05, 0.1) is 30.4 Å². The molecular formula is C31H39N6O11PS. The second-order valence-corrected chi connectivity index (χ2v) is 14.0. The molecular weight excluding hydrogens is 695 g/mol. The van der Waals surface area contributed by atoms with Gasteiger partial charge in [-0.1, -0.05) is 44.9 Å². The van der Waals surface area contributed by atoms with Gasteiger partial charge < -0.3 is 34.6 Å². The number of ether oxygens (including phenoxy) is 2. The molecule has 3 heterocycles. The number of amides is 1. The standard InChI is InChI=1S/C31H39N6O11PS/c1-4-20(5-2)13-45-30(43)19(3)36-49(44,48-21-9-7-6-8-10-21)46-14-23-27(41)28(42)31(17-32,47-23)24-12-11-22-29(33-18-34-37(22)24)35-25(38)15-50-16-26(39)40/h6-12,18-20,23,27-28,41-42H,4-5,13-16H2,1-3H3,(H,36,44)(H,39,40)(H,33,34,35,38)/t19-,23+,27+,28+,31-,49-/m0/s1. The minimum Gasteiger partial charge on any atom is -0.481 e. The molecule has 1 saturated heterocycles. The third-order valence-electron chi connectivity index (χ3n) is 7.87. The summed E-state index contributed by atoms with van der Waals surface area (Å²) in [4.78, 5) is 40.0. The second kappa shape index (κ2) is 17.2. The number of carbonyl (C=O) groups is 3. The Morgan fingerprint density at radius 2 is 1.88 bits per heavy atom. The maximum atomic E-state index is 14.0. The molecule has 0 bridgehead atoms. The van der Waals surface area contributed by atoms with E-state index >= 15 is 0 Å². The van der Waals surface area contributed by atoms with Crippen molar-refractivity contribution in [2.75, 3.05) is 30.0 Å². The first-order chi connectivity index (χ1) is 23.9. The number of aliphatic hydroxyl groups is 2. The Morgan fingerprint density at radius 3 is 2.54 bits per heavy atom. The lowest BCUT2D eigenvalue weighted by molar-refractivity contribution is -0.146. The van der Waals surface area contributed by atoms with Crippen molar-refractivity contribution in [3.8, 4) is 11.8 Å². The van der Waals surface area contributed by atoms with Gasteiger partial charge in [-0.15, -0.1) is 11.8 Å². The first-order valence-corrected chi connectivity index (χ1v) is 18.4. The third kappa shape index (κ3) is 9.17. The number of fused-ring (bicyclic) bond motifs is 1. The van der Waals surface area contributed by atoms with Crippen LogP contribution in [0.3, 0.4) is 0 Å². The molecule has 1 fully saturated rings. The lowest BCUT2D eigenvalue weighted by Crippen LogP contribution is -2.41. The number of esters is 1. The van der Waals surface area contributed by atoms with Crippen LogP contribution >= 0.6 is 19.5 Å². The van der Waals surface area contributed by atoms with Crippen LogP contribution in [0.4, 0.5) is 5.82 Å². The van der Waals surface area contributed by atoms with E-state index in [1.54, 1.807) is 18.2 Å². The number of rotatable bonds is 18. The fourth-order valence-electron chi connectivity index (χ4n) is 5.05. The van der Waals surface area contributed by atoms with Gasteiger partial charge in [0, 0.05) is 0 Å². The quantitative estimate of drug-likeness (QED) is 0.0931. The predicted octanol–water partition coefficient (Wildman–Crippen LogP) is 2.49. The number of nitrogens with zero attached hydrogens (tertiary/aromatic N) is 4. The molecule has 17 nitrogen and oxygen atoms in total. The number of aliphatic hydroxyl groups excluding tert-OH is 2. The fourth-order valence-corrected chi connectivity index (χ4v) is 7.08. The summed E-state index contributed by atoms with van der Waals surface area (Å²) in [7, 11) is -4.40. The minimum absolute atomic E-state index is 0.0297. The van der Waals surface area contributed by atoms with Crippen LogP contribution in [0.25, 0.3) is 5.52 Å². The first-order valence-electron chi connectivity index (χ1n) is 15.7. The summed E-state index contributed by atoms with van der Waals surface area (Å²) in [5.74, 6) is -2.41. The number of carboxylic acids is 1. The van der Waals surface area contributed by atoms with Gasteiger partial charge in [-0.25, -0.2) is 14.1 Å². The summed E-state index contributed by atoms with van der Waals surface area (Å²) < 4.78 is 37.9. The molecule has 0 radical (unpaired) electrons. The zero-order chi connectivity index (χ0) is 36.5. The van der Waals surface area contributed by atoms with E-state index in [4.69, 9.17) is 23.6 Å². The highest BCUT2D eigenvalue weighted by atomic mass is 32.2. The van der Waals surface area contributed by atoms with E-state index in [0.717, 1.165) is 30.9 Å². The molecule has 270 valence electrons. The Balaban J connectivity index is 1.53. The summed E-state index contributed by atoms with van der Waals surface area (Å²) in [6.07, 6.45) is -2.33. The Kier molecular flexibility index (Phi) is 13.3. The van der Waals surface area contributed by atoms with E-state index in [1.165, 1.54) is 35.7 Å². The van der Waals surface area contributed by atoms with Gasteiger partial charge in [-0.3, -0.25) is 18.9 Å². The topological polar surface area (TPSA) is 244 Å².